The number of aromatic nitrogens is 1. The van der Waals surface area contributed by atoms with Crippen LogP contribution < -0.4 is 5.32 Å². The molecule has 1 fully saturated rings. The van der Waals surface area contributed by atoms with Crippen molar-refractivity contribution in [2.24, 2.45) is 5.92 Å². The molecule has 0 aromatic carbocycles. The van der Waals surface area contributed by atoms with Gasteiger partial charge in [-0.05, 0) is 25.1 Å². The molecule has 0 spiro atoms. The second kappa shape index (κ2) is 7.52. The summed E-state index contributed by atoms with van der Waals surface area (Å²) in [5, 5.41) is 3.07. The molecular formula is C16H26N4O. The fraction of sp³-hybridized carbons (Fsp3) is 0.625. The molecule has 1 N–H and O–H groups in total. The summed E-state index contributed by atoms with van der Waals surface area (Å²) in [5.41, 5.74) is 0.672. The Balaban J connectivity index is 1.90. The topological polar surface area (TPSA) is 48.5 Å². The van der Waals surface area contributed by atoms with E-state index >= 15 is 0 Å². The zero-order chi connectivity index (χ0) is 15.2. The number of amides is 1. The second-order valence-corrected chi connectivity index (χ2v) is 6.10. The summed E-state index contributed by atoms with van der Waals surface area (Å²) < 4.78 is 0. The molecule has 0 radical (unpaired) electrons. The lowest BCUT2D eigenvalue weighted by Crippen LogP contribution is -2.54. The summed E-state index contributed by atoms with van der Waals surface area (Å²) >= 11 is 0. The van der Waals surface area contributed by atoms with Crippen molar-refractivity contribution in [1.82, 2.24) is 20.1 Å². The van der Waals surface area contributed by atoms with Gasteiger partial charge in [0, 0.05) is 56.7 Å². The van der Waals surface area contributed by atoms with Crippen molar-refractivity contribution in [2.45, 2.75) is 19.9 Å². The van der Waals surface area contributed by atoms with E-state index in [-0.39, 0.29) is 5.91 Å². The van der Waals surface area contributed by atoms with Crippen molar-refractivity contribution in [1.29, 1.82) is 0 Å². The number of hydrogen-bond donors (Lipinski definition) is 1. The summed E-state index contributed by atoms with van der Waals surface area (Å²) in [5.74, 6) is 0.503. The Bertz CT molecular complexity index is 441. The Morgan fingerprint density at radius 3 is 2.43 bits per heavy atom. The highest BCUT2D eigenvalue weighted by atomic mass is 16.1. The Labute approximate surface area is 127 Å². The molecule has 21 heavy (non-hydrogen) atoms. The highest BCUT2D eigenvalue weighted by Gasteiger charge is 2.25. The smallest absolute Gasteiger partial charge is 0.251 e. The van der Waals surface area contributed by atoms with Gasteiger partial charge in [-0.1, -0.05) is 13.8 Å². The van der Waals surface area contributed by atoms with E-state index in [9.17, 15) is 4.79 Å². The highest BCUT2D eigenvalue weighted by Crippen LogP contribution is 2.13. The zero-order valence-corrected chi connectivity index (χ0v) is 13.2. The van der Waals surface area contributed by atoms with Crippen molar-refractivity contribution in [3.8, 4) is 0 Å². The molecule has 1 atom stereocenters. The summed E-state index contributed by atoms with van der Waals surface area (Å²) in [6, 6.07) is 3.88. The molecule has 2 heterocycles. The van der Waals surface area contributed by atoms with Crippen LogP contribution in [0.25, 0.3) is 0 Å². The summed E-state index contributed by atoms with van der Waals surface area (Å²) in [4.78, 5) is 20.9. The molecule has 1 aliphatic heterocycles. The van der Waals surface area contributed by atoms with E-state index in [1.165, 1.54) is 0 Å². The van der Waals surface area contributed by atoms with Crippen LogP contribution in [0.3, 0.4) is 0 Å². The van der Waals surface area contributed by atoms with Crippen LogP contribution in [0.1, 0.15) is 24.2 Å². The van der Waals surface area contributed by atoms with Crippen LogP contribution in [0.5, 0.6) is 0 Å². The van der Waals surface area contributed by atoms with Gasteiger partial charge in [0.2, 0.25) is 0 Å². The van der Waals surface area contributed by atoms with Gasteiger partial charge in [-0.3, -0.25) is 14.7 Å². The molecule has 5 nitrogen and oxygen atoms in total. The van der Waals surface area contributed by atoms with E-state index in [1.54, 1.807) is 24.5 Å². The average molecular weight is 290 g/mol. The molecule has 1 aliphatic rings. The third-order valence-electron chi connectivity index (χ3n) is 4.19. The van der Waals surface area contributed by atoms with E-state index in [4.69, 9.17) is 0 Å². The minimum absolute atomic E-state index is 0.0165. The Hall–Kier alpha value is -1.46. The predicted molar refractivity (Wildman–Crippen MR) is 84.3 cm³/mol. The fourth-order valence-corrected chi connectivity index (χ4v) is 2.74. The molecule has 116 valence electrons. The zero-order valence-electron chi connectivity index (χ0n) is 13.2. The largest absolute Gasteiger partial charge is 0.350 e. The molecule has 1 saturated heterocycles. The molecule has 0 saturated carbocycles. The van der Waals surface area contributed by atoms with E-state index in [0.717, 1.165) is 26.2 Å². The Morgan fingerprint density at radius 1 is 1.24 bits per heavy atom. The predicted octanol–water partition coefficient (Wildman–Crippen LogP) is 1.08. The maximum Gasteiger partial charge on any atom is 0.251 e. The van der Waals surface area contributed by atoms with Gasteiger partial charge >= 0.3 is 0 Å². The fourth-order valence-electron chi connectivity index (χ4n) is 2.74. The van der Waals surface area contributed by atoms with E-state index < -0.39 is 0 Å². The number of carbonyl (C=O) groups excluding carboxylic acids is 1. The van der Waals surface area contributed by atoms with Crippen LogP contribution in [-0.2, 0) is 0 Å². The lowest BCUT2D eigenvalue weighted by molar-refractivity contribution is 0.0791. The molecule has 1 unspecified atom stereocenters. The maximum atomic E-state index is 12.1. The molecule has 1 aromatic rings. The molecule has 1 aromatic heterocycles. The molecule has 1 amide bonds. The van der Waals surface area contributed by atoms with Gasteiger partial charge in [0.15, 0.2) is 0 Å². The SMILES string of the molecule is CC(C)C(CNC(=O)c1ccncc1)N1CCN(C)CC1. The number of nitrogens with one attached hydrogen (secondary N) is 1. The van der Waals surface area contributed by atoms with Gasteiger partial charge in [-0.25, -0.2) is 0 Å². The van der Waals surface area contributed by atoms with E-state index in [1.807, 2.05) is 0 Å². The van der Waals surface area contributed by atoms with Gasteiger partial charge in [0.05, 0.1) is 0 Å². The minimum atomic E-state index is -0.0165. The number of pyridine rings is 1. The van der Waals surface area contributed by atoms with Gasteiger partial charge in [-0.15, -0.1) is 0 Å². The third kappa shape index (κ3) is 4.51. The summed E-state index contributed by atoms with van der Waals surface area (Å²) in [7, 11) is 2.16. The van der Waals surface area contributed by atoms with Crippen molar-refractivity contribution in [3.63, 3.8) is 0 Å². The van der Waals surface area contributed by atoms with Crippen LogP contribution in [0, 0.1) is 5.92 Å². The van der Waals surface area contributed by atoms with E-state index in [2.05, 4.69) is 41.0 Å². The minimum Gasteiger partial charge on any atom is -0.350 e. The first-order valence-electron chi connectivity index (χ1n) is 7.68. The number of carbonyl (C=O) groups is 1. The number of nitrogens with zero attached hydrogens (tertiary/aromatic N) is 3. The second-order valence-electron chi connectivity index (χ2n) is 6.10. The molecule has 2 rings (SSSR count). The average Bonchev–Trinajstić information content (AvgIpc) is 2.49. The highest BCUT2D eigenvalue weighted by molar-refractivity contribution is 5.93. The Morgan fingerprint density at radius 2 is 1.86 bits per heavy atom. The molecular weight excluding hydrogens is 264 g/mol. The quantitative estimate of drug-likeness (QED) is 0.882. The molecule has 0 aliphatic carbocycles. The van der Waals surface area contributed by atoms with Gasteiger partial charge in [0.25, 0.3) is 5.91 Å². The first kappa shape index (κ1) is 15.9. The molecule has 5 heteroatoms. The third-order valence-corrected chi connectivity index (χ3v) is 4.19. The first-order valence-corrected chi connectivity index (χ1v) is 7.68. The standard InChI is InChI=1S/C16H26N4O/c1-13(2)15(20-10-8-19(3)9-11-20)12-18-16(21)14-4-6-17-7-5-14/h4-7,13,15H,8-12H2,1-3H3,(H,18,21). The monoisotopic (exact) mass is 290 g/mol. The first-order chi connectivity index (χ1) is 10.1. The van der Waals surface area contributed by atoms with Gasteiger partial charge in [0.1, 0.15) is 0 Å². The van der Waals surface area contributed by atoms with Crippen LogP contribution in [-0.4, -0.2) is 66.5 Å². The van der Waals surface area contributed by atoms with Crippen molar-refractivity contribution >= 4 is 5.91 Å². The molecule has 0 bridgehead atoms. The van der Waals surface area contributed by atoms with Crippen LogP contribution >= 0.6 is 0 Å². The number of hydrogen-bond acceptors (Lipinski definition) is 4. The van der Waals surface area contributed by atoms with Gasteiger partial charge < -0.3 is 10.2 Å². The lowest BCUT2D eigenvalue weighted by atomic mass is 10.0. The lowest BCUT2D eigenvalue weighted by Gasteiger charge is -2.39. The van der Waals surface area contributed by atoms with E-state index in [0.29, 0.717) is 24.1 Å². The Kier molecular flexibility index (Phi) is 5.70. The summed E-state index contributed by atoms with van der Waals surface area (Å²) in [6.45, 7) is 9.49. The number of piperazine rings is 1. The van der Waals surface area contributed by atoms with Crippen molar-refractivity contribution in [3.05, 3.63) is 30.1 Å². The summed E-state index contributed by atoms with van der Waals surface area (Å²) in [6.07, 6.45) is 3.30. The number of rotatable bonds is 5. The van der Waals surface area contributed by atoms with Crippen molar-refractivity contribution in [2.75, 3.05) is 39.8 Å². The maximum absolute atomic E-state index is 12.1. The van der Waals surface area contributed by atoms with Crippen LogP contribution in [0.2, 0.25) is 0 Å². The normalized spacial score (nSPS) is 18.7. The van der Waals surface area contributed by atoms with Crippen LogP contribution in [0.4, 0.5) is 0 Å². The van der Waals surface area contributed by atoms with Crippen LogP contribution in [0.15, 0.2) is 24.5 Å². The van der Waals surface area contributed by atoms with Crippen molar-refractivity contribution < 1.29 is 4.79 Å². The van der Waals surface area contributed by atoms with Gasteiger partial charge in [-0.2, -0.15) is 0 Å². The number of likely N-dealkylation sites (N-methyl/N-ethyl adjacent to an activating group) is 1.